The van der Waals surface area contributed by atoms with Gasteiger partial charge in [0.1, 0.15) is 11.2 Å². The van der Waals surface area contributed by atoms with Crippen molar-refractivity contribution < 1.29 is 9.59 Å². The summed E-state index contributed by atoms with van der Waals surface area (Å²) in [5.41, 5.74) is 6.92. The first-order valence-electron chi connectivity index (χ1n) is 8.20. The highest BCUT2D eigenvalue weighted by Gasteiger charge is 2.38. The van der Waals surface area contributed by atoms with Crippen LogP contribution in [0.25, 0.3) is 0 Å². The highest BCUT2D eigenvalue weighted by atomic mass is 79.9. The van der Waals surface area contributed by atoms with Crippen molar-refractivity contribution in [3.63, 3.8) is 0 Å². The third-order valence-corrected chi connectivity index (χ3v) is 6.13. The van der Waals surface area contributed by atoms with E-state index in [1.165, 1.54) is 11.3 Å². The van der Waals surface area contributed by atoms with Crippen LogP contribution in [0.2, 0.25) is 0 Å². The summed E-state index contributed by atoms with van der Waals surface area (Å²) in [5.74, 6) is -0.575. The first-order valence-corrected chi connectivity index (χ1v) is 9.87. The quantitative estimate of drug-likeness (QED) is 0.665. The van der Waals surface area contributed by atoms with Crippen molar-refractivity contribution in [1.29, 1.82) is 0 Å². The van der Waals surface area contributed by atoms with E-state index in [2.05, 4.69) is 36.4 Å². The van der Waals surface area contributed by atoms with E-state index in [4.69, 9.17) is 5.73 Å². The van der Waals surface area contributed by atoms with Crippen molar-refractivity contribution in [2.24, 2.45) is 5.73 Å². The Balaban J connectivity index is 1.76. The van der Waals surface area contributed by atoms with Gasteiger partial charge in [-0.3, -0.25) is 9.59 Å². The van der Waals surface area contributed by atoms with Crippen molar-refractivity contribution in [3.8, 4) is 0 Å². The fourth-order valence-electron chi connectivity index (χ4n) is 3.15. The molecule has 2 amide bonds. The number of nitrogens with two attached hydrogens (primary N) is 1. The minimum Gasteiger partial charge on any atom is -0.370 e. The Morgan fingerprint density at radius 2 is 2.00 bits per heavy atom. The Kier molecular flexibility index (Phi) is 5.59. The predicted molar refractivity (Wildman–Crippen MR) is 107 cm³/mol. The third kappa shape index (κ3) is 3.74. The van der Waals surface area contributed by atoms with Gasteiger partial charge >= 0.3 is 0 Å². The SMILES string of the molecule is CNC1(C(N)=O)CCN(c2ccccc2NC(=O)c2csc(Br)n2)CC1. The average Bonchev–Trinajstić information content (AvgIpc) is 3.09. The Morgan fingerprint density at radius 1 is 1.31 bits per heavy atom. The van der Waals surface area contributed by atoms with Crippen molar-refractivity contribution in [3.05, 3.63) is 39.3 Å². The molecule has 1 fully saturated rings. The first-order chi connectivity index (χ1) is 12.4. The van der Waals surface area contributed by atoms with E-state index < -0.39 is 5.54 Å². The van der Waals surface area contributed by atoms with Gasteiger partial charge in [0.25, 0.3) is 5.91 Å². The van der Waals surface area contributed by atoms with E-state index in [1.807, 2.05) is 24.3 Å². The molecule has 2 heterocycles. The van der Waals surface area contributed by atoms with Crippen LogP contribution >= 0.6 is 27.3 Å². The number of piperidine rings is 1. The maximum Gasteiger partial charge on any atom is 0.275 e. The number of primary amides is 1. The number of anilines is 2. The number of amides is 2. The van der Waals surface area contributed by atoms with Crippen molar-refractivity contribution >= 4 is 50.5 Å². The van der Waals surface area contributed by atoms with Crippen molar-refractivity contribution in [2.45, 2.75) is 18.4 Å². The lowest BCUT2D eigenvalue weighted by Gasteiger charge is -2.41. The van der Waals surface area contributed by atoms with E-state index >= 15 is 0 Å². The molecule has 1 aromatic carbocycles. The second-order valence-corrected chi connectivity index (χ2v) is 8.27. The summed E-state index contributed by atoms with van der Waals surface area (Å²) >= 11 is 4.63. The summed E-state index contributed by atoms with van der Waals surface area (Å²) in [6.45, 7) is 1.33. The smallest absolute Gasteiger partial charge is 0.275 e. The standard InChI is InChI=1S/C17H20BrN5O2S/c1-20-17(15(19)25)6-8-23(9-7-17)13-5-3-2-4-11(13)21-14(24)12-10-26-16(18)22-12/h2-5,10,20H,6-9H2,1H3,(H2,19,25)(H,21,24). The molecule has 138 valence electrons. The van der Waals surface area contributed by atoms with Crippen molar-refractivity contribution in [1.82, 2.24) is 10.3 Å². The zero-order chi connectivity index (χ0) is 18.7. The van der Waals surface area contributed by atoms with E-state index in [9.17, 15) is 9.59 Å². The Bertz CT molecular complexity index is 817. The van der Waals surface area contributed by atoms with Gasteiger partial charge in [-0.2, -0.15) is 0 Å². The molecule has 0 saturated carbocycles. The van der Waals surface area contributed by atoms with Gasteiger partial charge in [0.15, 0.2) is 3.92 Å². The molecule has 0 bridgehead atoms. The molecule has 26 heavy (non-hydrogen) atoms. The molecule has 0 spiro atoms. The molecule has 1 aliphatic heterocycles. The van der Waals surface area contributed by atoms with E-state index in [-0.39, 0.29) is 11.8 Å². The van der Waals surface area contributed by atoms with Gasteiger partial charge in [-0.15, -0.1) is 11.3 Å². The molecule has 0 atom stereocenters. The summed E-state index contributed by atoms with van der Waals surface area (Å²) in [7, 11) is 1.76. The Labute approximate surface area is 164 Å². The molecule has 3 rings (SSSR count). The van der Waals surface area contributed by atoms with Gasteiger partial charge in [-0.25, -0.2) is 4.98 Å². The molecule has 0 radical (unpaired) electrons. The number of rotatable bonds is 5. The normalized spacial score (nSPS) is 16.3. The van der Waals surface area contributed by atoms with Crippen LogP contribution in [0.5, 0.6) is 0 Å². The molecule has 2 aromatic rings. The highest BCUT2D eigenvalue weighted by Crippen LogP contribution is 2.31. The summed E-state index contributed by atoms with van der Waals surface area (Å²) in [4.78, 5) is 30.5. The van der Waals surface area contributed by atoms with Gasteiger partial charge in [0, 0.05) is 18.5 Å². The number of nitrogens with one attached hydrogen (secondary N) is 2. The molecule has 1 aliphatic rings. The van der Waals surface area contributed by atoms with Gasteiger partial charge in [0.05, 0.1) is 11.4 Å². The molecular weight excluding hydrogens is 418 g/mol. The van der Waals surface area contributed by atoms with Crippen LogP contribution in [0.1, 0.15) is 23.3 Å². The summed E-state index contributed by atoms with van der Waals surface area (Å²) < 4.78 is 0.668. The maximum absolute atomic E-state index is 12.4. The van der Waals surface area contributed by atoms with Crippen LogP contribution in [0.4, 0.5) is 11.4 Å². The number of hydrogen-bond donors (Lipinski definition) is 3. The molecule has 1 aromatic heterocycles. The minimum atomic E-state index is -0.665. The number of benzene rings is 1. The van der Waals surface area contributed by atoms with Crippen LogP contribution in [-0.2, 0) is 4.79 Å². The number of hydrogen-bond acceptors (Lipinski definition) is 6. The van der Waals surface area contributed by atoms with Crippen LogP contribution in [-0.4, -0.2) is 42.5 Å². The van der Waals surface area contributed by atoms with E-state index in [0.717, 1.165) is 11.4 Å². The number of carbonyl (C=O) groups is 2. The Morgan fingerprint density at radius 3 is 2.58 bits per heavy atom. The zero-order valence-corrected chi connectivity index (χ0v) is 16.7. The maximum atomic E-state index is 12.4. The number of halogens is 1. The number of thiazole rings is 1. The molecule has 4 N–H and O–H groups in total. The fourth-order valence-corrected chi connectivity index (χ4v) is 4.14. The summed E-state index contributed by atoms with van der Waals surface area (Å²) in [6.07, 6.45) is 1.22. The lowest BCUT2D eigenvalue weighted by Crippen LogP contribution is -2.59. The van der Waals surface area contributed by atoms with Crippen LogP contribution in [0.15, 0.2) is 33.6 Å². The van der Waals surface area contributed by atoms with E-state index in [0.29, 0.717) is 35.5 Å². The number of para-hydroxylation sites is 2. The second-order valence-electron chi connectivity index (χ2n) is 6.14. The van der Waals surface area contributed by atoms with Crippen LogP contribution in [0.3, 0.4) is 0 Å². The third-order valence-electron chi connectivity index (χ3n) is 4.77. The van der Waals surface area contributed by atoms with Gasteiger partial charge in [0.2, 0.25) is 5.91 Å². The van der Waals surface area contributed by atoms with Crippen LogP contribution in [0, 0.1) is 0 Å². The zero-order valence-electron chi connectivity index (χ0n) is 14.3. The summed E-state index contributed by atoms with van der Waals surface area (Å²) in [5, 5.41) is 7.71. The lowest BCUT2D eigenvalue weighted by atomic mass is 9.86. The number of aromatic nitrogens is 1. The monoisotopic (exact) mass is 437 g/mol. The Hall–Kier alpha value is -1.97. The first kappa shape index (κ1) is 18.8. The van der Waals surface area contributed by atoms with Gasteiger partial charge in [-0.05, 0) is 48.0 Å². The largest absolute Gasteiger partial charge is 0.370 e. The topological polar surface area (TPSA) is 100 Å². The number of nitrogens with zero attached hydrogens (tertiary/aromatic N) is 2. The average molecular weight is 438 g/mol. The number of carbonyl (C=O) groups excluding carboxylic acids is 2. The molecule has 0 aliphatic carbocycles. The minimum absolute atomic E-state index is 0.252. The van der Waals surface area contributed by atoms with E-state index in [1.54, 1.807) is 12.4 Å². The predicted octanol–water partition coefficient (Wildman–Crippen LogP) is 2.20. The molecule has 0 unspecified atom stereocenters. The second kappa shape index (κ2) is 7.73. The number of likely N-dealkylation sites (N-methyl/N-ethyl adjacent to an activating group) is 1. The fraction of sp³-hybridized carbons (Fsp3) is 0.353. The van der Waals surface area contributed by atoms with Crippen molar-refractivity contribution in [2.75, 3.05) is 30.4 Å². The summed E-state index contributed by atoms with van der Waals surface area (Å²) in [6, 6.07) is 7.63. The lowest BCUT2D eigenvalue weighted by molar-refractivity contribution is -0.125. The molecule has 7 nitrogen and oxygen atoms in total. The van der Waals surface area contributed by atoms with Crippen LogP contribution < -0.4 is 21.3 Å². The molecular formula is C17H20BrN5O2S. The molecule has 1 saturated heterocycles. The van der Waals surface area contributed by atoms with Gasteiger partial charge < -0.3 is 21.3 Å². The van der Waals surface area contributed by atoms with Gasteiger partial charge in [-0.1, -0.05) is 12.1 Å². The highest BCUT2D eigenvalue weighted by molar-refractivity contribution is 9.11. The molecule has 9 heteroatoms.